The van der Waals surface area contributed by atoms with Crippen molar-refractivity contribution in [2.75, 3.05) is 23.7 Å². The van der Waals surface area contributed by atoms with Gasteiger partial charge in [0.15, 0.2) is 10.9 Å². The van der Waals surface area contributed by atoms with E-state index in [0.717, 1.165) is 42.6 Å². The van der Waals surface area contributed by atoms with Crippen LogP contribution in [0.1, 0.15) is 31.7 Å². The number of ether oxygens (including phenoxy) is 1. The minimum atomic E-state index is -4.43. The molecular formula is C26H25F3N6O2S. The zero-order chi connectivity index (χ0) is 26.7. The Morgan fingerprint density at radius 3 is 2.66 bits per heavy atom. The number of benzene rings is 2. The normalized spacial score (nSPS) is 15.8. The van der Waals surface area contributed by atoms with Gasteiger partial charge < -0.3 is 20.7 Å². The second-order valence-electron chi connectivity index (χ2n) is 8.92. The van der Waals surface area contributed by atoms with E-state index in [1.54, 1.807) is 18.2 Å². The van der Waals surface area contributed by atoms with Crippen molar-refractivity contribution in [1.82, 2.24) is 20.3 Å². The number of rotatable bonds is 7. The van der Waals surface area contributed by atoms with Crippen molar-refractivity contribution in [2.45, 2.75) is 38.4 Å². The molecule has 0 spiro atoms. The molecule has 3 heterocycles. The molecule has 1 fully saturated rings. The Balaban J connectivity index is 1.47. The van der Waals surface area contributed by atoms with E-state index in [0.29, 0.717) is 40.1 Å². The molecule has 0 aliphatic carbocycles. The number of carbonyl (C=O) groups is 1. The fourth-order valence-corrected chi connectivity index (χ4v) is 5.10. The summed E-state index contributed by atoms with van der Waals surface area (Å²) in [5.74, 6) is 0.698. The number of anilines is 2. The summed E-state index contributed by atoms with van der Waals surface area (Å²) < 4.78 is 46.2. The molecule has 12 heteroatoms. The third kappa shape index (κ3) is 6.20. The van der Waals surface area contributed by atoms with E-state index in [4.69, 9.17) is 4.74 Å². The van der Waals surface area contributed by atoms with Crippen LogP contribution in [0.4, 0.5) is 24.3 Å². The highest BCUT2D eigenvalue weighted by Gasteiger charge is 2.30. The van der Waals surface area contributed by atoms with Crippen molar-refractivity contribution in [1.29, 1.82) is 0 Å². The van der Waals surface area contributed by atoms with Crippen LogP contribution in [0.15, 0.2) is 48.5 Å². The van der Waals surface area contributed by atoms with E-state index >= 15 is 0 Å². The topological polar surface area (TPSA) is 101 Å². The van der Waals surface area contributed by atoms with Gasteiger partial charge in [-0.15, -0.1) is 0 Å². The van der Waals surface area contributed by atoms with Crippen molar-refractivity contribution in [3.63, 3.8) is 0 Å². The van der Waals surface area contributed by atoms with Crippen LogP contribution in [0.5, 0.6) is 11.6 Å². The molecule has 1 atom stereocenters. The minimum absolute atomic E-state index is 0.204. The van der Waals surface area contributed by atoms with Crippen LogP contribution in [0.3, 0.4) is 0 Å². The van der Waals surface area contributed by atoms with Gasteiger partial charge in [-0.25, -0.2) is 9.97 Å². The number of hydrogen-bond donors (Lipinski definition) is 3. The summed E-state index contributed by atoms with van der Waals surface area (Å²) in [5, 5.41) is 9.82. The summed E-state index contributed by atoms with van der Waals surface area (Å²) in [6.45, 7) is 2.95. The lowest BCUT2D eigenvalue weighted by Crippen LogP contribution is -2.39. The smallest absolute Gasteiger partial charge is 0.416 e. The van der Waals surface area contributed by atoms with Crippen LogP contribution in [0.2, 0.25) is 0 Å². The highest BCUT2D eigenvalue weighted by atomic mass is 32.1. The summed E-state index contributed by atoms with van der Waals surface area (Å²) in [7, 11) is 0. The van der Waals surface area contributed by atoms with Gasteiger partial charge in [0.05, 0.1) is 16.0 Å². The second-order valence-corrected chi connectivity index (χ2v) is 9.95. The molecule has 1 unspecified atom stereocenters. The van der Waals surface area contributed by atoms with Crippen LogP contribution < -0.4 is 20.7 Å². The van der Waals surface area contributed by atoms with Gasteiger partial charge in [-0.2, -0.15) is 18.2 Å². The standard InChI is InChI=1S/C26H25F3N6O2S/c1-15(36)32-25-35-23-20(6-4-7-21(23)38-25)37-22-13-19(16-8-10-17(11-9-16)26(27,28)29)33-24(34-22)31-14-18-5-2-3-12-30-18/h4,6-11,13,18,30H,2-3,5,12,14H2,1H3,(H,31,33,34)(H,32,35,36). The number of alkyl halides is 3. The molecule has 2 aromatic heterocycles. The summed E-state index contributed by atoms with van der Waals surface area (Å²) in [6, 6.07) is 12.0. The number of carbonyl (C=O) groups excluding carboxylic acids is 1. The van der Waals surface area contributed by atoms with Gasteiger partial charge in [0, 0.05) is 31.1 Å². The molecule has 1 aliphatic heterocycles. The molecule has 0 saturated carbocycles. The van der Waals surface area contributed by atoms with Gasteiger partial charge in [0.1, 0.15) is 5.52 Å². The first-order chi connectivity index (χ1) is 18.2. The number of amides is 1. The number of aromatic nitrogens is 3. The number of para-hydroxylation sites is 1. The molecule has 1 saturated heterocycles. The second kappa shape index (κ2) is 10.9. The predicted octanol–water partition coefficient (Wildman–Crippen LogP) is 6.08. The lowest BCUT2D eigenvalue weighted by molar-refractivity contribution is -0.137. The van der Waals surface area contributed by atoms with E-state index in [2.05, 4.69) is 30.9 Å². The molecular weight excluding hydrogens is 517 g/mol. The van der Waals surface area contributed by atoms with E-state index in [1.807, 2.05) is 6.07 Å². The lowest BCUT2D eigenvalue weighted by Gasteiger charge is -2.23. The first-order valence-corrected chi connectivity index (χ1v) is 13.0. The van der Waals surface area contributed by atoms with E-state index in [-0.39, 0.29) is 17.8 Å². The average molecular weight is 543 g/mol. The van der Waals surface area contributed by atoms with Crippen LogP contribution in [-0.2, 0) is 11.0 Å². The van der Waals surface area contributed by atoms with Crippen molar-refractivity contribution in [3.8, 4) is 22.9 Å². The van der Waals surface area contributed by atoms with Crippen molar-refractivity contribution < 1.29 is 22.7 Å². The fourth-order valence-electron chi connectivity index (χ4n) is 4.17. The quantitative estimate of drug-likeness (QED) is 0.260. The molecule has 1 aliphatic rings. The fraction of sp³-hybridized carbons (Fsp3) is 0.308. The molecule has 5 rings (SSSR count). The molecule has 1 amide bonds. The van der Waals surface area contributed by atoms with Gasteiger partial charge in [-0.3, -0.25) is 4.79 Å². The maximum Gasteiger partial charge on any atom is 0.416 e. The summed E-state index contributed by atoms with van der Waals surface area (Å²) in [4.78, 5) is 25.0. The van der Waals surface area contributed by atoms with Gasteiger partial charge in [0.2, 0.25) is 17.7 Å². The van der Waals surface area contributed by atoms with Gasteiger partial charge >= 0.3 is 6.18 Å². The van der Waals surface area contributed by atoms with E-state index < -0.39 is 11.7 Å². The zero-order valence-electron chi connectivity index (χ0n) is 20.4. The molecule has 0 bridgehead atoms. The number of piperidine rings is 1. The Kier molecular flexibility index (Phi) is 7.43. The average Bonchev–Trinajstić information content (AvgIpc) is 3.30. The molecule has 3 N–H and O–H groups in total. The SMILES string of the molecule is CC(=O)Nc1nc2c(Oc3cc(-c4ccc(C(F)(F)F)cc4)nc(NCC4CCCCN4)n3)cccc2s1. The summed E-state index contributed by atoms with van der Waals surface area (Å²) in [6.07, 6.45) is -1.13. The Labute approximate surface area is 220 Å². The Bertz CT molecular complexity index is 1440. The number of nitrogens with one attached hydrogen (secondary N) is 3. The molecule has 4 aromatic rings. The summed E-state index contributed by atoms with van der Waals surface area (Å²) in [5.41, 5.74) is 0.715. The first kappa shape index (κ1) is 25.9. The number of hydrogen-bond acceptors (Lipinski definition) is 8. The number of halogens is 3. The largest absolute Gasteiger partial charge is 0.437 e. The highest BCUT2D eigenvalue weighted by molar-refractivity contribution is 7.22. The Hall–Kier alpha value is -3.77. The van der Waals surface area contributed by atoms with E-state index in [9.17, 15) is 18.0 Å². The van der Waals surface area contributed by atoms with Crippen LogP contribution in [-0.4, -0.2) is 40.0 Å². The predicted molar refractivity (Wildman–Crippen MR) is 141 cm³/mol. The third-order valence-electron chi connectivity index (χ3n) is 6.01. The van der Waals surface area contributed by atoms with Crippen LogP contribution in [0, 0.1) is 0 Å². The van der Waals surface area contributed by atoms with E-state index in [1.165, 1.54) is 30.4 Å². The summed E-state index contributed by atoms with van der Waals surface area (Å²) >= 11 is 1.31. The molecule has 38 heavy (non-hydrogen) atoms. The number of nitrogens with zero attached hydrogens (tertiary/aromatic N) is 3. The Morgan fingerprint density at radius 1 is 1.13 bits per heavy atom. The Morgan fingerprint density at radius 2 is 1.95 bits per heavy atom. The number of thiazole rings is 1. The maximum absolute atomic E-state index is 13.1. The van der Waals surface area contributed by atoms with Crippen molar-refractivity contribution in [3.05, 3.63) is 54.1 Å². The molecule has 8 nitrogen and oxygen atoms in total. The van der Waals surface area contributed by atoms with Crippen LogP contribution in [0.25, 0.3) is 21.5 Å². The monoisotopic (exact) mass is 542 g/mol. The highest BCUT2D eigenvalue weighted by Crippen LogP contribution is 2.36. The maximum atomic E-state index is 13.1. The van der Waals surface area contributed by atoms with Crippen LogP contribution >= 0.6 is 11.3 Å². The number of fused-ring (bicyclic) bond motifs is 1. The van der Waals surface area contributed by atoms with Gasteiger partial charge in [-0.05, 0) is 43.7 Å². The zero-order valence-corrected chi connectivity index (χ0v) is 21.2. The van der Waals surface area contributed by atoms with Gasteiger partial charge in [-0.1, -0.05) is 36.0 Å². The molecule has 2 aromatic carbocycles. The third-order valence-corrected chi connectivity index (χ3v) is 6.95. The van der Waals surface area contributed by atoms with Crippen molar-refractivity contribution in [2.24, 2.45) is 0 Å². The van der Waals surface area contributed by atoms with Crippen molar-refractivity contribution >= 4 is 38.5 Å². The minimum Gasteiger partial charge on any atom is -0.437 e. The van der Waals surface area contributed by atoms with Gasteiger partial charge in [0.25, 0.3) is 0 Å². The first-order valence-electron chi connectivity index (χ1n) is 12.1. The molecule has 0 radical (unpaired) electrons. The molecule has 198 valence electrons. The lowest BCUT2D eigenvalue weighted by atomic mass is 10.1.